The van der Waals surface area contributed by atoms with Gasteiger partial charge in [0.15, 0.2) is 0 Å². The first-order chi connectivity index (χ1) is 10.4. The van der Waals surface area contributed by atoms with Gasteiger partial charge in [0.2, 0.25) is 0 Å². The molecular weight excluding hydrogens is 253 g/mol. The molecule has 1 heterocycles. The van der Waals surface area contributed by atoms with E-state index >= 15 is 0 Å². The van der Waals surface area contributed by atoms with E-state index in [1.54, 1.807) is 0 Å². The fourth-order valence-corrected chi connectivity index (χ4v) is 2.78. The van der Waals surface area contributed by atoms with Crippen LogP contribution in [0.2, 0.25) is 6.32 Å². The van der Waals surface area contributed by atoms with Gasteiger partial charge < -0.3 is 5.23 Å². The van der Waals surface area contributed by atoms with Crippen LogP contribution in [0.5, 0.6) is 0 Å². The van der Waals surface area contributed by atoms with E-state index in [-0.39, 0.29) is 0 Å². The maximum absolute atomic E-state index is 3.58. The molecule has 0 saturated heterocycles. The molecule has 21 heavy (non-hydrogen) atoms. The quantitative estimate of drug-likeness (QED) is 0.334. The van der Waals surface area contributed by atoms with Gasteiger partial charge in [-0.1, -0.05) is 81.4 Å². The number of anilines is 1. The predicted octanol–water partition coefficient (Wildman–Crippen LogP) is 5.96. The number of benzene rings is 1. The minimum Gasteiger partial charge on any atom is -0.424 e. The van der Waals surface area contributed by atoms with Crippen molar-refractivity contribution < 1.29 is 0 Å². The highest BCUT2D eigenvalue weighted by Gasteiger charge is 2.14. The van der Waals surface area contributed by atoms with E-state index in [0.29, 0.717) is 6.85 Å². The van der Waals surface area contributed by atoms with Gasteiger partial charge in [0.1, 0.15) is 0 Å². The summed E-state index contributed by atoms with van der Waals surface area (Å²) in [6.45, 7) is 2.72. The smallest absolute Gasteiger partial charge is 0.282 e. The Morgan fingerprint density at radius 2 is 1.81 bits per heavy atom. The predicted molar refractivity (Wildman–Crippen MR) is 96.8 cm³/mol. The lowest BCUT2D eigenvalue weighted by Gasteiger charge is -2.18. The lowest BCUT2D eigenvalue weighted by Crippen LogP contribution is -2.24. The van der Waals surface area contributed by atoms with Gasteiger partial charge in [-0.05, 0) is 30.8 Å². The van der Waals surface area contributed by atoms with E-state index in [9.17, 15) is 0 Å². The summed E-state index contributed by atoms with van der Waals surface area (Å²) in [5.74, 6) is 2.28. The number of para-hydroxylation sites is 1. The second-order valence-corrected chi connectivity index (χ2v) is 5.96. The van der Waals surface area contributed by atoms with Crippen molar-refractivity contribution >= 4 is 18.6 Å². The fraction of sp³-hybridized carbons (Fsp3) is 0.474. The molecule has 1 aromatic carbocycles. The Morgan fingerprint density at radius 3 is 2.71 bits per heavy atom. The third kappa shape index (κ3) is 5.83. The van der Waals surface area contributed by atoms with Crippen LogP contribution in [0.3, 0.4) is 0 Å². The zero-order valence-electron chi connectivity index (χ0n) is 13.4. The molecule has 0 radical (unpaired) electrons. The second-order valence-electron chi connectivity index (χ2n) is 5.96. The highest BCUT2D eigenvalue weighted by molar-refractivity contribution is 6.69. The first-order valence-electron chi connectivity index (χ1n) is 8.59. The number of fused-ring (bicyclic) bond motifs is 1. The van der Waals surface area contributed by atoms with Crippen molar-refractivity contribution in [3.05, 3.63) is 48.0 Å². The van der Waals surface area contributed by atoms with Crippen molar-refractivity contribution in [2.75, 3.05) is 5.23 Å². The summed E-state index contributed by atoms with van der Waals surface area (Å²) in [4.78, 5) is 0. The topological polar surface area (TPSA) is 12.0 Å². The molecular formula is C19H28BN. The Labute approximate surface area is 130 Å². The second kappa shape index (κ2) is 9.49. The fourth-order valence-electron chi connectivity index (χ4n) is 2.78. The summed E-state index contributed by atoms with van der Waals surface area (Å²) in [5.41, 5.74) is 2.55. The molecule has 1 aromatic rings. The maximum atomic E-state index is 3.58. The largest absolute Gasteiger partial charge is 0.424 e. The number of hydrogen-bond acceptors (Lipinski definition) is 1. The van der Waals surface area contributed by atoms with E-state index < -0.39 is 0 Å². The molecule has 0 unspecified atom stereocenters. The standard InChI is InChI=1S/C19H28BN/c1-2-3-4-5-6-7-8-9-12-16-20-17-15-18-13-10-11-14-19(18)21-20/h9-15,17,21H,2-8,16H2,1H3/b12-9+. The first kappa shape index (κ1) is 15.9. The highest BCUT2D eigenvalue weighted by atomic mass is 14.8. The van der Waals surface area contributed by atoms with Crippen molar-refractivity contribution in [3.8, 4) is 0 Å². The van der Waals surface area contributed by atoms with E-state index in [2.05, 4.69) is 60.6 Å². The van der Waals surface area contributed by atoms with E-state index in [1.165, 1.54) is 56.2 Å². The van der Waals surface area contributed by atoms with Crippen LogP contribution < -0.4 is 5.23 Å². The van der Waals surface area contributed by atoms with Gasteiger partial charge in [-0.3, -0.25) is 0 Å². The van der Waals surface area contributed by atoms with Gasteiger partial charge in [0.05, 0.1) is 0 Å². The minimum atomic E-state index is 0.445. The summed E-state index contributed by atoms with van der Waals surface area (Å²) in [6, 6.07) is 8.50. The molecule has 0 amide bonds. The molecule has 0 aromatic heterocycles. The minimum absolute atomic E-state index is 0.445. The summed E-state index contributed by atoms with van der Waals surface area (Å²) in [5, 5.41) is 3.58. The van der Waals surface area contributed by atoms with Crippen molar-refractivity contribution in [1.29, 1.82) is 0 Å². The maximum Gasteiger partial charge on any atom is 0.282 e. The van der Waals surface area contributed by atoms with Gasteiger partial charge in [-0.15, -0.1) is 0 Å². The Balaban J connectivity index is 1.58. The van der Waals surface area contributed by atoms with Crippen molar-refractivity contribution in [2.45, 2.75) is 58.2 Å². The molecule has 1 N–H and O–H groups in total. The molecule has 112 valence electrons. The van der Waals surface area contributed by atoms with Crippen molar-refractivity contribution in [1.82, 2.24) is 0 Å². The zero-order chi connectivity index (χ0) is 14.8. The van der Waals surface area contributed by atoms with E-state index in [0.717, 1.165) is 6.32 Å². The lowest BCUT2D eigenvalue weighted by molar-refractivity contribution is 0.611. The van der Waals surface area contributed by atoms with E-state index in [4.69, 9.17) is 0 Å². The van der Waals surface area contributed by atoms with Crippen LogP contribution in [0.1, 0.15) is 57.4 Å². The lowest BCUT2D eigenvalue weighted by atomic mass is 9.57. The van der Waals surface area contributed by atoms with Crippen LogP contribution in [-0.4, -0.2) is 6.85 Å². The molecule has 0 bridgehead atoms. The molecule has 0 atom stereocenters. The SMILES string of the molecule is CCCCCCCC/C=C/CB1C=Cc2ccccc2N1. The average molecular weight is 281 g/mol. The summed E-state index contributed by atoms with van der Waals surface area (Å²) >= 11 is 0. The highest BCUT2D eigenvalue weighted by Crippen LogP contribution is 2.22. The van der Waals surface area contributed by atoms with Crippen LogP contribution in [0.15, 0.2) is 42.4 Å². The average Bonchev–Trinajstić information content (AvgIpc) is 2.53. The Bertz CT molecular complexity index is 464. The van der Waals surface area contributed by atoms with Gasteiger partial charge >= 0.3 is 0 Å². The molecule has 2 heteroatoms. The third-order valence-electron chi connectivity index (χ3n) is 4.09. The van der Waals surface area contributed by atoms with Crippen LogP contribution in [0, 0.1) is 0 Å². The number of rotatable bonds is 9. The van der Waals surface area contributed by atoms with Crippen molar-refractivity contribution in [2.24, 2.45) is 0 Å². The van der Waals surface area contributed by atoms with Crippen LogP contribution in [-0.2, 0) is 0 Å². The normalized spacial score (nSPS) is 13.5. The molecule has 2 rings (SSSR count). The number of allylic oxidation sites excluding steroid dienone is 2. The van der Waals surface area contributed by atoms with Gasteiger partial charge in [0.25, 0.3) is 6.85 Å². The molecule has 1 aliphatic rings. The third-order valence-corrected chi connectivity index (χ3v) is 4.09. The van der Waals surface area contributed by atoms with E-state index in [1.807, 2.05) is 0 Å². The molecule has 0 aliphatic carbocycles. The van der Waals surface area contributed by atoms with Crippen LogP contribution in [0.4, 0.5) is 5.69 Å². The summed E-state index contributed by atoms with van der Waals surface area (Å²) in [7, 11) is 0. The monoisotopic (exact) mass is 281 g/mol. The van der Waals surface area contributed by atoms with Crippen molar-refractivity contribution in [3.63, 3.8) is 0 Å². The Hall–Kier alpha value is -1.44. The van der Waals surface area contributed by atoms with Crippen LogP contribution >= 0.6 is 0 Å². The number of unbranched alkanes of at least 4 members (excludes halogenated alkanes) is 6. The Kier molecular flexibility index (Phi) is 7.21. The molecule has 0 spiro atoms. The molecule has 1 nitrogen and oxygen atoms in total. The molecule has 0 saturated carbocycles. The van der Waals surface area contributed by atoms with Crippen LogP contribution in [0.25, 0.3) is 6.08 Å². The summed E-state index contributed by atoms with van der Waals surface area (Å²) < 4.78 is 0. The van der Waals surface area contributed by atoms with Gasteiger partial charge in [-0.25, -0.2) is 0 Å². The van der Waals surface area contributed by atoms with Gasteiger partial charge in [0, 0.05) is 5.69 Å². The Morgan fingerprint density at radius 1 is 1.00 bits per heavy atom. The molecule has 1 aliphatic heterocycles. The number of hydrogen-bond donors (Lipinski definition) is 1. The first-order valence-corrected chi connectivity index (χ1v) is 8.59. The summed E-state index contributed by atoms with van der Waals surface area (Å²) in [6.07, 6.45) is 17.5. The number of nitrogens with one attached hydrogen (secondary N) is 1. The molecule has 0 fully saturated rings. The van der Waals surface area contributed by atoms with Gasteiger partial charge in [-0.2, -0.15) is 0 Å². The zero-order valence-corrected chi connectivity index (χ0v) is 13.4.